The van der Waals surface area contributed by atoms with Gasteiger partial charge in [-0.2, -0.15) is 0 Å². The third-order valence-corrected chi connectivity index (χ3v) is 10.6. The highest BCUT2D eigenvalue weighted by Crippen LogP contribution is 2.39. The molecule has 0 aliphatic heterocycles. The van der Waals surface area contributed by atoms with E-state index in [4.69, 9.17) is 0 Å². The summed E-state index contributed by atoms with van der Waals surface area (Å²) in [6.45, 7) is 0. The normalized spacial score (nSPS) is 11.3. The third-order valence-electron chi connectivity index (χ3n) is 10.6. The highest BCUT2D eigenvalue weighted by Gasteiger charge is 2.16. The second-order valence-corrected chi connectivity index (χ2v) is 13.8. The van der Waals surface area contributed by atoms with Gasteiger partial charge in [-0.25, -0.2) is 0 Å². The van der Waals surface area contributed by atoms with Gasteiger partial charge in [-0.05, 0) is 105 Å². The highest BCUT2D eigenvalue weighted by atomic mass is 15.1. The topological polar surface area (TPSA) is 8.17 Å². The molecule has 0 N–H and O–H groups in total. The molecule has 9 aromatic carbocycles. The van der Waals surface area contributed by atoms with Gasteiger partial charge in [-0.3, -0.25) is 0 Å². The zero-order valence-corrected chi connectivity index (χ0v) is 29.7. The van der Waals surface area contributed by atoms with Crippen molar-refractivity contribution < 1.29 is 0 Å². The van der Waals surface area contributed by atoms with Crippen molar-refractivity contribution >= 4 is 49.6 Å². The quantitative estimate of drug-likeness (QED) is 0.162. The summed E-state index contributed by atoms with van der Waals surface area (Å²) in [7, 11) is 0. The maximum absolute atomic E-state index is 2.40. The monoisotopic (exact) mass is 688 g/mol. The van der Waals surface area contributed by atoms with Crippen molar-refractivity contribution in [3.8, 4) is 39.1 Å². The molecular formula is C52H36N2. The van der Waals surface area contributed by atoms with Crippen molar-refractivity contribution in [2.75, 3.05) is 4.90 Å². The van der Waals surface area contributed by atoms with Crippen molar-refractivity contribution in [3.63, 3.8) is 0 Å². The number of para-hydroxylation sites is 1. The van der Waals surface area contributed by atoms with Crippen molar-refractivity contribution in [3.05, 3.63) is 218 Å². The molecule has 0 amide bonds. The van der Waals surface area contributed by atoms with E-state index in [0.29, 0.717) is 0 Å². The number of benzene rings is 9. The van der Waals surface area contributed by atoms with Gasteiger partial charge in [0.15, 0.2) is 0 Å². The van der Waals surface area contributed by atoms with Gasteiger partial charge in [0.2, 0.25) is 0 Å². The van der Waals surface area contributed by atoms with Crippen LogP contribution >= 0.6 is 0 Å². The molecule has 1 aromatic heterocycles. The minimum absolute atomic E-state index is 1.10. The Hall–Kier alpha value is -7.16. The molecule has 0 saturated carbocycles. The van der Waals surface area contributed by atoms with Crippen LogP contribution < -0.4 is 4.90 Å². The van der Waals surface area contributed by atoms with E-state index in [2.05, 4.69) is 228 Å². The summed E-state index contributed by atoms with van der Waals surface area (Å²) in [6, 6.07) is 78.7. The first kappa shape index (κ1) is 31.6. The Labute approximate surface area is 315 Å². The van der Waals surface area contributed by atoms with E-state index in [1.165, 1.54) is 66.0 Å². The standard InChI is InChI=1S/C52H36N2/c1-3-11-37(12-4-1)39-19-28-44(29-20-39)53(45-30-21-40(22-31-45)38-13-5-2-6-14-38)46-32-23-41(24-33-46)42-25-34-47(35-26-42)54-50-18-10-9-17-49(50)52-48-16-8-7-15-43(48)27-36-51(52)54/h1-36H. The molecule has 0 aliphatic carbocycles. The second kappa shape index (κ2) is 13.4. The van der Waals surface area contributed by atoms with E-state index in [9.17, 15) is 0 Å². The lowest BCUT2D eigenvalue weighted by Gasteiger charge is -2.26. The van der Waals surface area contributed by atoms with Crippen LogP contribution in [0, 0.1) is 0 Å². The van der Waals surface area contributed by atoms with Gasteiger partial charge in [0.25, 0.3) is 0 Å². The van der Waals surface area contributed by atoms with Crippen LogP contribution in [0.3, 0.4) is 0 Å². The van der Waals surface area contributed by atoms with Crippen molar-refractivity contribution in [1.29, 1.82) is 0 Å². The van der Waals surface area contributed by atoms with E-state index in [1.807, 2.05) is 0 Å². The van der Waals surface area contributed by atoms with E-state index < -0.39 is 0 Å². The van der Waals surface area contributed by atoms with Gasteiger partial charge in [-0.1, -0.05) is 158 Å². The molecule has 10 aromatic rings. The fourth-order valence-corrected chi connectivity index (χ4v) is 7.94. The first-order valence-electron chi connectivity index (χ1n) is 18.5. The molecular weight excluding hydrogens is 653 g/mol. The average molecular weight is 689 g/mol. The van der Waals surface area contributed by atoms with Gasteiger partial charge in [0.1, 0.15) is 0 Å². The predicted octanol–water partition coefficient (Wildman–Crippen LogP) is 14.4. The maximum atomic E-state index is 2.40. The Bertz CT molecular complexity index is 2790. The first-order chi connectivity index (χ1) is 26.8. The molecule has 0 radical (unpaired) electrons. The summed E-state index contributed by atoms with van der Waals surface area (Å²) >= 11 is 0. The average Bonchev–Trinajstić information content (AvgIpc) is 3.60. The molecule has 0 aliphatic rings. The summed E-state index contributed by atoms with van der Waals surface area (Å²) in [5.74, 6) is 0. The predicted molar refractivity (Wildman–Crippen MR) is 229 cm³/mol. The molecule has 1 heterocycles. The van der Waals surface area contributed by atoms with Crippen LogP contribution in [-0.4, -0.2) is 4.57 Å². The molecule has 0 saturated heterocycles. The van der Waals surface area contributed by atoms with Crippen LogP contribution in [0.4, 0.5) is 17.1 Å². The summed E-state index contributed by atoms with van der Waals surface area (Å²) in [5, 5.41) is 5.13. The molecule has 54 heavy (non-hydrogen) atoms. The van der Waals surface area contributed by atoms with Crippen molar-refractivity contribution in [1.82, 2.24) is 4.57 Å². The Morgan fingerprint density at radius 1 is 0.278 bits per heavy atom. The number of rotatable bonds is 7. The molecule has 2 nitrogen and oxygen atoms in total. The first-order valence-corrected chi connectivity index (χ1v) is 18.5. The fourth-order valence-electron chi connectivity index (χ4n) is 7.94. The van der Waals surface area contributed by atoms with E-state index in [0.717, 1.165) is 22.7 Å². The minimum Gasteiger partial charge on any atom is -0.311 e. The number of anilines is 3. The van der Waals surface area contributed by atoms with Gasteiger partial charge >= 0.3 is 0 Å². The number of hydrogen-bond donors (Lipinski definition) is 0. The van der Waals surface area contributed by atoms with Crippen LogP contribution in [0.15, 0.2) is 218 Å². The van der Waals surface area contributed by atoms with E-state index in [-0.39, 0.29) is 0 Å². The molecule has 254 valence electrons. The Morgan fingerprint density at radius 2 is 0.685 bits per heavy atom. The highest BCUT2D eigenvalue weighted by molar-refractivity contribution is 6.21. The van der Waals surface area contributed by atoms with Crippen LogP contribution in [0.1, 0.15) is 0 Å². The van der Waals surface area contributed by atoms with E-state index in [1.54, 1.807) is 0 Å². The van der Waals surface area contributed by atoms with E-state index >= 15 is 0 Å². The van der Waals surface area contributed by atoms with Crippen LogP contribution in [0.5, 0.6) is 0 Å². The van der Waals surface area contributed by atoms with Crippen molar-refractivity contribution in [2.24, 2.45) is 0 Å². The maximum Gasteiger partial charge on any atom is 0.0547 e. The van der Waals surface area contributed by atoms with Gasteiger partial charge < -0.3 is 9.47 Å². The zero-order valence-electron chi connectivity index (χ0n) is 29.7. The molecule has 0 bridgehead atoms. The van der Waals surface area contributed by atoms with Gasteiger partial charge in [0.05, 0.1) is 11.0 Å². The number of nitrogens with zero attached hydrogens (tertiary/aromatic N) is 2. The smallest absolute Gasteiger partial charge is 0.0547 e. The third kappa shape index (κ3) is 5.62. The van der Waals surface area contributed by atoms with Crippen LogP contribution in [0.2, 0.25) is 0 Å². The summed E-state index contributed by atoms with van der Waals surface area (Å²) in [5.41, 5.74) is 14.1. The summed E-state index contributed by atoms with van der Waals surface area (Å²) in [6.07, 6.45) is 0. The fraction of sp³-hybridized carbons (Fsp3) is 0. The molecule has 0 spiro atoms. The SMILES string of the molecule is c1ccc(-c2ccc(N(c3ccc(-c4ccccc4)cc3)c3ccc(-c4ccc(-n5c6ccccc6c6c7ccccc7ccc65)cc4)cc3)cc2)cc1. The lowest BCUT2D eigenvalue weighted by Crippen LogP contribution is -2.09. The molecule has 10 rings (SSSR count). The van der Waals surface area contributed by atoms with Gasteiger partial charge in [0, 0.05) is 33.5 Å². The molecule has 0 atom stereocenters. The molecule has 2 heteroatoms. The number of hydrogen-bond acceptors (Lipinski definition) is 1. The van der Waals surface area contributed by atoms with Crippen LogP contribution in [0.25, 0.3) is 71.6 Å². The lowest BCUT2D eigenvalue weighted by molar-refractivity contribution is 1.18. The Morgan fingerprint density at radius 3 is 1.20 bits per heavy atom. The van der Waals surface area contributed by atoms with Crippen molar-refractivity contribution in [2.45, 2.75) is 0 Å². The molecule has 0 fully saturated rings. The largest absolute Gasteiger partial charge is 0.311 e. The van der Waals surface area contributed by atoms with Crippen LogP contribution in [-0.2, 0) is 0 Å². The summed E-state index contributed by atoms with van der Waals surface area (Å²) < 4.78 is 2.40. The minimum atomic E-state index is 1.10. The zero-order chi connectivity index (χ0) is 35.8. The Kier molecular flexibility index (Phi) is 7.85. The molecule has 0 unspecified atom stereocenters. The number of fused-ring (bicyclic) bond motifs is 5. The second-order valence-electron chi connectivity index (χ2n) is 13.8. The lowest BCUT2D eigenvalue weighted by atomic mass is 10.0. The number of aromatic nitrogens is 1. The Balaban J connectivity index is 0.998. The summed E-state index contributed by atoms with van der Waals surface area (Å²) in [4.78, 5) is 2.34. The van der Waals surface area contributed by atoms with Gasteiger partial charge in [-0.15, -0.1) is 0 Å².